The number of likely N-dealkylation sites (tertiary alicyclic amines) is 1. The van der Waals surface area contributed by atoms with Gasteiger partial charge in [-0.05, 0) is 25.5 Å². The lowest BCUT2D eigenvalue weighted by Crippen LogP contribution is -2.47. The molecule has 0 saturated carbocycles. The van der Waals surface area contributed by atoms with Gasteiger partial charge in [0.1, 0.15) is 5.69 Å². The van der Waals surface area contributed by atoms with E-state index in [2.05, 4.69) is 24.1 Å². The highest BCUT2D eigenvalue weighted by molar-refractivity contribution is 5.93. The molecular weight excluding hydrogens is 294 g/mol. The number of hydrogen-bond acceptors (Lipinski definition) is 5. The van der Waals surface area contributed by atoms with E-state index in [1.807, 2.05) is 17.0 Å². The van der Waals surface area contributed by atoms with Crippen molar-refractivity contribution in [2.24, 2.45) is 0 Å². The van der Waals surface area contributed by atoms with E-state index in [4.69, 9.17) is 9.47 Å². The first-order valence-electron chi connectivity index (χ1n) is 8.42. The third-order valence-corrected chi connectivity index (χ3v) is 4.63. The predicted molar refractivity (Wildman–Crippen MR) is 87.4 cm³/mol. The van der Waals surface area contributed by atoms with Crippen LogP contribution >= 0.6 is 0 Å². The summed E-state index contributed by atoms with van der Waals surface area (Å²) in [4.78, 5) is 18.7. The number of piperidine rings is 1. The molecule has 3 heterocycles. The Hall–Kier alpha value is -1.66. The second kappa shape index (κ2) is 6.84. The monoisotopic (exact) mass is 319 g/mol. The summed E-state index contributed by atoms with van der Waals surface area (Å²) in [6, 6.07) is 4.10. The van der Waals surface area contributed by atoms with Crippen LogP contribution in [0.15, 0.2) is 18.3 Å². The van der Waals surface area contributed by atoms with E-state index in [1.54, 1.807) is 6.20 Å². The smallest absolute Gasteiger partial charge is 0.272 e. The normalized spacial score (nSPS) is 21.4. The Balaban J connectivity index is 1.63. The summed E-state index contributed by atoms with van der Waals surface area (Å²) in [5.41, 5.74) is 1.43. The van der Waals surface area contributed by atoms with Gasteiger partial charge in [0.2, 0.25) is 0 Å². The number of aromatic nitrogens is 1. The summed E-state index contributed by atoms with van der Waals surface area (Å²) in [5.74, 6) is -0.477. The lowest BCUT2D eigenvalue weighted by Gasteiger charge is -2.37. The molecule has 0 bridgehead atoms. The number of pyridine rings is 1. The van der Waals surface area contributed by atoms with Crippen molar-refractivity contribution in [2.75, 3.05) is 31.6 Å². The number of carbonyl (C=O) groups excluding carboxylic acids is 1. The number of ether oxygens (including phenoxy) is 2. The molecule has 2 saturated heterocycles. The van der Waals surface area contributed by atoms with Crippen LogP contribution in [0.5, 0.6) is 0 Å². The molecule has 23 heavy (non-hydrogen) atoms. The summed E-state index contributed by atoms with van der Waals surface area (Å²) >= 11 is 0. The molecule has 2 aliphatic heterocycles. The van der Waals surface area contributed by atoms with E-state index in [1.165, 1.54) is 0 Å². The Kier molecular flexibility index (Phi) is 4.82. The SMILES string of the molecule is CCC(C)Nc1ccnc(C(=O)N2CCC3(CC2)OCCO3)c1. The van der Waals surface area contributed by atoms with Crippen LogP contribution in [-0.2, 0) is 9.47 Å². The predicted octanol–water partition coefficient (Wildman–Crippen LogP) is 2.27. The molecule has 1 unspecified atom stereocenters. The highest BCUT2D eigenvalue weighted by Crippen LogP contribution is 2.31. The first kappa shape index (κ1) is 16.2. The van der Waals surface area contributed by atoms with E-state index in [9.17, 15) is 4.79 Å². The van der Waals surface area contributed by atoms with Crippen molar-refractivity contribution < 1.29 is 14.3 Å². The van der Waals surface area contributed by atoms with Gasteiger partial charge in [0, 0.05) is 43.9 Å². The lowest BCUT2D eigenvalue weighted by atomic mass is 10.0. The molecule has 6 nitrogen and oxygen atoms in total. The standard InChI is InChI=1S/C17H25N3O3/c1-3-13(2)19-14-4-7-18-15(12-14)16(21)20-8-5-17(6-9-20)22-10-11-23-17/h4,7,12-13H,3,5-6,8-11H2,1-2H3,(H,18,19). The summed E-state index contributed by atoms with van der Waals surface area (Å²) in [7, 11) is 0. The fourth-order valence-corrected chi connectivity index (χ4v) is 3.02. The van der Waals surface area contributed by atoms with Gasteiger partial charge >= 0.3 is 0 Å². The summed E-state index contributed by atoms with van der Waals surface area (Å²) < 4.78 is 11.4. The fourth-order valence-electron chi connectivity index (χ4n) is 3.02. The number of hydrogen-bond donors (Lipinski definition) is 1. The van der Waals surface area contributed by atoms with E-state index >= 15 is 0 Å². The van der Waals surface area contributed by atoms with Crippen LogP contribution < -0.4 is 5.32 Å². The van der Waals surface area contributed by atoms with Crippen LogP contribution in [0.25, 0.3) is 0 Å². The van der Waals surface area contributed by atoms with Gasteiger partial charge in [0.25, 0.3) is 5.91 Å². The van der Waals surface area contributed by atoms with Crippen LogP contribution in [-0.4, -0.2) is 53.9 Å². The van der Waals surface area contributed by atoms with Gasteiger partial charge < -0.3 is 19.7 Å². The van der Waals surface area contributed by atoms with Gasteiger partial charge in [-0.3, -0.25) is 9.78 Å². The van der Waals surface area contributed by atoms with Gasteiger partial charge in [-0.15, -0.1) is 0 Å². The number of amides is 1. The molecule has 2 aliphatic rings. The van der Waals surface area contributed by atoms with Crippen LogP contribution in [0.4, 0.5) is 5.69 Å². The van der Waals surface area contributed by atoms with Gasteiger partial charge in [0.15, 0.2) is 5.79 Å². The molecule has 126 valence electrons. The van der Waals surface area contributed by atoms with E-state index in [0.717, 1.165) is 24.9 Å². The first-order chi connectivity index (χ1) is 11.1. The Morgan fingerprint density at radius 2 is 2.09 bits per heavy atom. The molecule has 1 spiro atoms. The average molecular weight is 319 g/mol. The topological polar surface area (TPSA) is 63.7 Å². The molecule has 1 atom stereocenters. The van der Waals surface area contributed by atoms with E-state index < -0.39 is 5.79 Å². The molecule has 1 amide bonds. The number of rotatable bonds is 4. The molecular formula is C17H25N3O3. The van der Waals surface area contributed by atoms with Crippen molar-refractivity contribution in [1.82, 2.24) is 9.88 Å². The summed E-state index contributed by atoms with van der Waals surface area (Å²) in [6.07, 6.45) is 4.17. The van der Waals surface area contributed by atoms with Crippen LogP contribution in [0.2, 0.25) is 0 Å². The quantitative estimate of drug-likeness (QED) is 0.922. The van der Waals surface area contributed by atoms with Gasteiger partial charge in [-0.1, -0.05) is 6.92 Å². The number of nitrogens with one attached hydrogen (secondary N) is 1. The zero-order valence-electron chi connectivity index (χ0n) is 13.9. The Morgan fingerprint density at radius 1 is 1.39 bits per heavy atom. The zero-order chi connectivity index (χ0) is 16.3. The maximum absolute atomic E-state index is 12.7. The molecule has 1 N–H and O–H groups in total. The number of carbonyl (C=O) groups is 1. The maximum atomic E-state index is 12.7. The molecule has 1 aromatic heterocycles. The summed E-state index contributed by atoms with van der Waals surface area (Å²) in [6.45, 7) is 6.83. The van der Waals surface area contributed by atoms with Gasteiger partial charge in [-0.2, -0.15) is 0 Å². The van der Waals surface area contributed by atoms with E-state index in [-0.39, 0.29) is 5.91 Å². The Labute approximate surface area is 137 Å². The van der Waals surface area contributed by atoms with Crippen molar-refractivity contribution in [3.63, 3.8) is 0 Å². The number of anilines is 1. The molecule has 0 aliphatic carbocycles. The van der Waals surface area contributed by atoms with Crippen LogP contribution in [0.3, 0.4) is 0 Å². The van der Waals surface area contributed by atoms with Crippen molar-refractivity contribution in [3.05, 3.63) is 24.0 Å². The highest BCUT2D eigenvalue weighted by Gasteiger charge is 2.41. The lowest BCUT2D eigenvalue weighted by molar-refractivity contribution is -0.181. The number of nitrogens with zero attached hydrogens (tertiary/aromatic N) is 2. The molecule has 2 fully saturated rings. The molecule has 0 aromatic carbocycles. The third-order valence-electron chi connectivity index (χ3n) is 4.63. The molecule has 6 heteroatoms. The van der Waals surface area contributed by atoms with Crippen LogP contribution in [0.1, 0.15) is 43.6 Å². The van der Waals surface area contributed by atoms with Gasteiger partial charge in [0.05, 0.1) is 13.2 Å². The largest absolute Gasteiger partial charge is 0.382 e. The fraction of sp³-hybridized carbons (Fsp3) is 0.647. The Morgan fingerprint density at radius 3 is 2.74 bits per heavy atom. The second-order valence-electron chi connectivity index (χ2n) is 6.28. The zero-order valence-corrected chi connectivity index (χ0v) is 13.9. The molecule has 1 aromatic rings. The summed E-state index contributed by atoms with van der Waals surface area (Å²) in [5, 5.41) is 3.38. The van der Waals surface area contributed by atoms with Gasteiger partial charge in [-0.25, -0.2) is 0 Å². The molecule has 3 rings (SSSR count). The van der Waals surface area contributed by atoms with E-state index in [0.29, 0.717) is 38.0 Å². The van der Waals surface area contributed by atoms with Crippen molar-refractivity contribution in [3.8, 4) is 0 Å². The third kappa shape index (κ3) is 3.64. The Bertz CT molecular complexity index is 548. The van der Waals surface area contributed by atoms with Crippen molar-refractivity contribution in [1.29, 1.82) is 0 Å². The minimum absolute atomic E-state index is 0.0225. The second-order valence-corrected chi connectivity index (χ2v) is 6.28. The maximum Gasteiger partial charge on any atom is 0.272 e. The minimum Gasteiger partial charge on any atom is -0.382 e. The van der Waals surface area contributed by atoms with Crippen molar-refractivity contribution >= 4 is 11.6 Å². The molecule has 0 radical (unpaired) electrons. The minimum atomic E-state index is -0.454. The highest BCUT2D eigenvalue weighted by atomic mass is 16.7. The first-order valence-corrected chi connectivity index (χ1v) is 8.42. The average Bonchev–Trinajstić information content (AvgIpc) is 3.03. The van der Waals surface area contributed by atoms with Crippen molar-refractivity contribution in [2.45, 2.75) is 44.9 Å². The van der Waals surface area contributed by atoms with Crippen LogP contribution in [0, 0.1) is 0 Å².